The standard InChI is InChI=1S/C16H18N2O3/c1-11-13(16(19)20)7-8-15(17-11)18-14-6-4-3-5-12(14)9-10-21-2/h3-8H,9-10H2,1-2H3,(H,17,18)(H,19,20). The summed E-state index contributed by atoms with van der Waals surface area (Å²) in [5.74, 6) is -0.339. The maximum Gasteiger partial charge on any atom is 0.337 e. The summed E-state index contributed by atoms with van der Waals surface area (Å²) in [5, 5.41) is 12.2. The van der Waals surface area contributed by atoms with Crippen LogP contribution in [0.3, 0.4) is 0 Å². The molecule has 0 aliphatic heterocycles. The largest absolute Gasteiger partial charge is 0.478 e. The van der Waals surface area contributed by atoms with Gasteiger partial charge < -0.3 is 15.2 Å². The van der Waals surface area contributed by atoms with E-state index in [9.17, 15) is 4.79 Å². The molecule has 0 aliphatic rings. The number of nitrogens with one attached hydrogen (secondary N) is 1. The Kier molecular flexibility index (Phi) is 4.90. The van der Waals surface area contributed by atoms with Crippen LogP contribution in [0.4, 0.5) is 11.5 Å². The fourth-order valence-corrected chi connectivity index (χ4v) is 2.07. The Labute approximate surface area is 123 Å². The van der Waals surface area contributed by atoms with Gasteiger partial charge in [0, 0.05) is 12.8 Å². The molecular weight excluding hydrogens is 268 g/mol. The van der Waals surface area contributed by atoms with E-state index in [2.05, 4.69) is 10.3 Å². The number of aryl methyl sites for hydroxylation is 1. The molecule has 0 unspecified atom stereocenters. The minimum Gasteiger partial charge on any atom is -0.478 e. The van der Waals surface area contributed by atoms with Gasteiger partial charge in [-0.25, -0.2) is 9.78 Å². The number of para-hydroxylation sites is 1. The van der Waals surface area contributed by atoms with E-state index < -0.39 is 5.97 Å². The highest BCUT2D eigenvalue weighted by Crippen LogP contribution is 2.21. The molecule has 0 fully saturated rings. The van der Waals surface area contributed by atoms with Gasteiger partial charge in [0.15, 0.2) is 0 Å². The second-order valence-corrected chi connectivity index (χ2v) is 4.66. The topological polar surface area (TPSA) is 71.5 Å². The smallest absolute Gasteiger partial charge is 0.337 e. The minimum absolute atomic E-state index is 0.216. The highest BCUT2D eigenvalue weighted by molar-refractivity contribution is 5.89. The Morgan fingerprint density at radius 1 is 1.29 bits per heavy atom. The lowest BCUT2D eigenvalue weighted by Gasteiger charge is -2.12. The Bertz CT molecular complexity index is 641. The molecule has 0 amide bonds. The molecule has 2 aromatic rings. The molecule has 5 heteroatoms. The lowest BCUT2D eigenvalue weighted by molar-refractivity contribution is 0.0695. The molecule has 0 saturated carbocycles. The lowest BCUT2D eigenvalue weighted by atomic mass is 10.1. The number of hydrogen-bond acceptors (Lipinski definition) is 4. The van der Waals surface area contributed by atoms with Gasteiger partial charge in [0.1, 0.15) is 5.82 Å². The average Bonchev–Trinajstić information content (AvgIpc) is 2.46. The van der Waals surface area contributed by atoms with Gasteiger partial charge in [0.05, 0.1) is 17.9 Å². The predicted molar refractivity (Wildman–Crippen MR) is 81.2 cm³/mol. The van der Waals surface area contributed by atoms with Gasteiger partial charge in [0.2, 0.25) is 0 Å². The van der Waals surface area contributed by atoms with Crippen molar-refractivity contribution in [3.63, 3.8) is 0 Å². The monoisotopic (exact) mass is 286 g/mol. The summed E-state index contributed by atoms with van der Waals surface area (Å²) in [5.41, 5.74) is 2.78. The van der Waals surface area contributed by atoms with Crippen molar-refractivity contribution in [1.82, 2.24) is 4.98 Å². The van der Waals surface area contributed by atoms with Crippen LogP contribution in [0, 0.1) is 6.92 Å². The zero-order valence-electron chi connectivity index (χ0n) is 12.1. The van der Waals surface area contributed by atoms with Crippen LogP contribution in [0.2, 0.25) is 0 Å². The molecule has 0 saturated heterocycles. The SMILES string of the molecule is COCCc1ccccc1Nc1ccc(C(=O)O)c(C)n1. The van der Waals surface area contributed by atoms with Crippen molar-refractivity contribution >= 4 is 17.5 Å². The molecule has 0 spiro atoms. The third-order valence-electron chi connectivity index (χ3n) is 3.17. The zero-order valence-corrected chi connectivity index (χ0v) is 12.1. The number of aromatic carboxylic acids is 1. The molecule has 110 valence electrons. The van der Waals surface area contributed by atoms with Crippen LogP contribution < -0.4 is 5.32 Å². The van der Waals surface area contributed by atoms with E-state index in [0.717, 1.165) is 17.7 Å². The highest BCUT2D eigenvalue weighted by atomic mass is 16.5. The van der Waals surface area contributed by atoms with E-state index in [0.29, 0.717) is 18.1 Å². The summed E-state index contributed by atoms with van der Waals surface area (Å²) in [6.07, 6.45) is 0.797. The molecule has 21 heavy (non-hydrogen) atoms. The molecule has 1 aromatic heterocycles. The first kappa shape index (κ1) is 15.0. The van der Waals surface area contributed by atoms with Crippen molar-refractivity contribution in [2.75, 3.05) is 19.0 Å². The van der Waals surface area contributed by atoms with Gasteiger partial charge in [-0.3, -0.25) is 0 Å². The molecule has 0 radical (unpaired) electrons. The Morgan fingerprint density at radius 2 is 2.05 bits per heavy atom. The van der Waals surface area contributed by atoms with Crippen molar-refractivity contribution in [2.24, 2.45) is 0 Å². The Morgan fingerprint density at radius 3 is 2.71 bits per heavy atom. The van der Waals surface area contributed by atoms with E-state index in [1.807, 2.05) is 24.3 Å². The summed E-state index contributed by atoms with van der Waals surface area (Å²) in [6, 6.07) is 11.1. The van der Waals surface area contributed by atoms with Crippen LogP contribution in [0.25, 0.3) is 0 Å². The quantitative estimate of drug-likeness (QED) is 0.854. The first-order valence-corrected chi connectivity index (χ1v) is 6.66. The van der Waals surface area contributed by atoms with Crippen LogP contribution >= 0.6 is 0 Å². The number of methoxy groups -OCH3 is 1. The summed E-state index contributed by atoms with van der Waals surface area (Å²) < 4.78 is 5.10. The maximum atomic E-state index is 11.0. The zero-order chi connectivity index (χ0) is 15.2. The molecule has 5 nitrogen and oxygen atoms in total. The fourth-order valence-electron chi connectivity index (χ4n) is 2.07. The van der Waals surface area contributed by atoms with E-state index in [-0.39, 0.29) is 5.56 Å². The molecule has 1 heterocycles. The van der Waals surface area contributed by atoms with Crippen LogP contribution in [0.5, 0.6) is 0 Å². The van der Waals surface area contributed by atoms with Crippen molar-refractivity contribution in [2.45, 2.75) is 13.3 Å². The second kappa shape index (κ2) is 6.85. The molecule has 0 bridgehead atoms. The van der Waals surface area contributed by atoms with Crippen molar-refractivity contribution in [3.8, 4) is 0 Å². The average molecular weight is 286 g/mol. The fraction of sp³-hybridized carbons (Fsp3) is 0.250. The van der Waals surface area contributed by atoms with Gasteiger partial charge in [-0.15, -0.1) is 0 Å². The van der Waals surface area contributed by atoms with Crippen LogP contribution in [-0.4, -0.2) is 29.8 Å². The molecular formula is C16H18N2O3. The van der Waals surface area contributed by atoms with Crippen LogP contribution in [0.15, 0.2) is 36.4 Å². The van der Waals surface area contributed by atoms with E-state index in [4.69, 9.17) is 9.84 Å². The van der Waals surface area contributed by atoms with Gasteiger partial charge in [-0.2, -0.15) is 0 Å². The first-order chi connectivity index (χ1) is 10.1. The van der Waals surface area contributed by atoms with Crippen molar-refractivity contribution in [1.29, 1.82) is 0 Å². The Hall–Kier alpha value is -2.40. The first-order valence-electron chi connectivity index (χ1n) is 6.66. The number of nitrogens with zero attached hydrogens (tertiary/aromatic N) is 1. The van der Waals surface area contributed by atoms with Gasteiger partial charge >= 0.3 is 5.97 Å². The van der Waals surface area contributed by atoms with Crippen LogP contribution in [-0.2, 0) is 11.2 Å². The third-order valence-corrected chi connectivity index (χ3v) is 3.17. The minimum atomic E-state index is -0.966. The number of anilines is 2. The predicted octanol–water partition coefficient (Wildman–Crippen LogP) is 3.02. The number of carboxylic acid groups (broad SMARTS) is 1. The van der Waals surface area contributed by atoms with Crippen molar-refractivity contribution < 1.29 is 14.6 Å². The van der Waals surface area contributed by atoms with Crippen molar-refractivity contribution in [3.05, 3.63) is 53.2 Å². The summed E-state index contributed by atoms with van der Waals surface area (Å²) >= 11 is 0. The second-order valence-electron chi connectivity index (χ2n) is 4.66. The number of pyridine rings is 1. The highest BCUT2D eigenvalue weighted by Gasteiger charge is 2.09. The third kappa shape index (κ3) is 3.79. The maximum absolute atomic E-state index is 11.0. The molecule has 1 aromatic carbocycles. The Balaban J connectivity index is 2.22. The molecule has 0 aliphatic carbocycles. The van der Waals surface area contributed by atoms with Gasteiger partial charge in [-0.1, -0.05) is 18.2 Å². The number of benzene rings is 1. The molecule has 2 N–H and O–H groups in total. The number of aromatic nitrogens is 1. The molecule has 2 rings (SSSR count). The van der Waals surface area contributed by atoms with Gasteiger partial charge in [-0.05, 0) is 37.1 Å². The number of carbonyl (C=O) groups is 1. The van der Waals surface area contributed by atoms with E-state index in [1.54, 1.807) is 26.2 Å². The van der Waals surface area contributed by atoms with E-state index in [1.165, 1.54) is 0 Å². The van der Waals surface area contributed by atoms with E-state index >= 15 is 0 Å². The van der Waals surface area contributed by atoms with Crippen LogP contribution in [0.1, 0.15) is 21.6 Å². The number of rotatable bonds is 6. The molecule has 0 atom stereocenters. The normalized spacial score (nSPS) is 10.4. The number of ether oxygens (including phenoxy) is 1. The summed E-state index contributed by atoms with van der Waals surface area (Å²) in [7, 11) is 1.67. The summed E-state index contributed by atoms with van der Waals surface area (Å²) in [6.45, 7) is 2.33. The number of carboxylic acids is 1. The lowest BCUT2D eigenvalue weighted by Crippen LogP contribution is -2.05. The summed E-state index contributed by atoms with van der Waals surface area (Å²) in [4.78, 5) is 15.3. The van der Waals surface area contributed by atoms with Gasteiger partial charge in [0.25, 0.3) is 0 Å². The number of hydrogen-bond donors (Lipinski definition) is 2.